The normalized spacial score (nSPS) is 17.6. The molecule has 1 saturated heterocycles. The van der Waals surface area contributed by atoms with E-state index in [1.807, 2.05) is 35.4 Å². The number of fused-ring (bicyclic) bond motifs is 1. The fraction of sp³-hybridized carbons (Fsp3) is 0.316. The SMILES string of the molecule is O=C(Cc1c[nH]c2ccccc12)N1CCCC(Oc2ccncn2)C1. The fourth-order valence-electron chi connectivity index (χ4n) is 3.33. The van der Waals surface area contributed by atoms with Gasteiger partial charge in [-0.25, -0.2) is 9.97 Å². The summed E-state index contributed by atoms with van der Waals surface area (Å²) in [6, 6.07) is 9.80. The highest BCUT2D eigenvalue weighted by Gasteiger charge is 2.25. The number of aromatic nitrogens is 3. The van der Waals surface area contributed by atoms with Crippen molar-refractivity contribution in [3.8, 4) is 5.88 Å². The topological polar surface area (TPSA) is 71.1 Å². The van der Waals surface area contributed by atoms with Crippen LogP contribution in [0.5, 0.6) is 5.88 Å². The number of likely N-dealkylation sites (tertiary alicyclic amines) is 1. The zero-order valence-corrected chi connectivity index (χ0v) is 13.9. The molecule has 1 aliphatic rings. The molecule has 1 atom stereocenters. The standard InChI is InChI=1S/C19H20N4O2/c24-19(10-14-11-21-17-6-2-1-5-16(14)17)23-9-3-4-15(12-23)25-18-7-8-20-13-22-18/h1-2,5-8,11,13,15,21H,3-4,9-10,12H2. The lowest BCUT2D eigenvalue weighted by molar-refractivity contribution is -0.133. The van der Waals surface area contributed by atoms with Crippen LogP contribution in [0.3, 0.4) is 0 Å². The lowest BCUT2D eigenvalue weighted by Crippen LogP contribution is -2.45. The van der Waals surface area contributed by atoms with E-state index in [1.165, 1.54) is 6.33 Å². The highest BCUT2D eigenvalue weighted by Crippen LogP contribution is 2.21. The molecule has 0 spiro atoms. The van der Waals surface area contributed by atoms with Crippen LogP contribution in [0.25, 0.3) is 10.9 Å². The molecule has 0 saturated carbocycles. The van der Waals surface area contributed by atoms with E-state index in [-0.39, 0.29) is 12.0 Å². The Hall–Kier alpha value is -2.89. The Bertz CT molecular complexity index is 862. The largest absolute Gasteiger partial charge is 0.472 e. The molecule has 6 heteroatoms. The van der Waals surface area contributed by atoms with Gasteiger partial charge < -0.3 is 14.6 Å². The van der Waals surface area contributed by atoms with Crippen LogP contribution in [0.1, 0.15) is 18.4 Å². The molecule has 1 aliphatic heterocycles. The Morgan fingerprint density at radius 3 is 3.12 bits per heavy atom. The maximum atomic E-state index is 12.7. The molecule has 128 valence electrons. The first-order valence-electron chi connectivity index (χ1n) is 8.55. The third kappa shape index (κ3) is 3.47. The summed E-state index contributed by atoms with van der Waals surface area (Å²) in [5.74, 6) is 0.701. The zero-order chi connectivity index (χ0) is 17.1. The van der Waals surface area contributed by atoms with Gasteiger partial charge in [-0.3, -0.25) is 4.79 Å². The van der Waals surface area contributed by atoms with Crippen LogP contribution in [-0.2, 0) is 11.2 Å². The van der Waals surface area contributed by atoms with Crippen LogP contribution in [0.4, 0.5) is 0 Å². The average molecular weight is 336 g/mol. The summed E-state index contributed by atoms with van der Waals surface area (Å²) in [4.78, 5) is 25.9. The van der Waals surface area contributed by atoms with Gasteiger partial charge in [-0.15, -0.1) is 0 Å². The van der Waals surface area contributed by atoms with Crippen LogP contribution >= 0.6 is 0 Å². The molecule has 1 amide bonds. The van der Waals surface area contributed by atoms with Crippen molar-refractivity contribution in [2.75, 3.05) is 13.1 Å². The Kier molecular flexibility index (Phi) is 4.33. The van der Waals surface area contributed by atoms with Gasteiger partial charge in [-0.05, 0) is 24.5 Å². The minimum atomic E-state index is -0.0180. The maximum Gasteiger partial charge on any atom is 0.227 e. The quantitative estimate of drug-likeness (QED) is 0.795. The number of carbonyl (C=O) groups is 1. The van der Waals surface area contributed by atoms with Crippen LogP contribution in [0.15, 0.2) is 49.1 Å². The maximum absolute atomic E-state index is 12.7. The van der Waals surface area contributed by atoms with E-state index in [1.54, 1.807) is 12.3 Å². The molecular weight excluding hydrogens is 316 g/mol. The number of piperidine rings is 1. The van der Waals surface area contributed by atoms with E-state index in [4.69, 9.17) is 4.74 Å². The number of aromatic amines is 1. The molecule has 6 nitrogen and oxygen atoms in total. The monoisotopic (exact) mass is 336 g/mol. The molecule has 0 bridgehead atoms. The molecule has 1 N–H and O–H groups in total. The highest BCUT2D eigenvalue weighted by atomic mass is 16.5. The summed E-state index contributed by atoms with van der Waals surface area (Å²) in [5, 5.41) is 1.11. The van der Waals surface area contributed by atoms with Gasteiger partial charge in [0.25, 0.3) is 0 Å². The van der Waals surface area contributed by atoms with E-state index in [2.05, 4.69) is 15.0 Å². The first-order chi connectivity index (χ1) is 12.3. The van der Waals surface area contributed by atoms with Gasteiger partial charge in [0.15, 0.2) is 0 Å². The summed E-state index contributed by atoms with van der Waals surface area (Å²) in [6.07, 6.45) is 7.32. The number of hydrogen-bond acceptors (Lipinski definition) is 4. The third-order valence-corrected chi connectivity index (χ3v) is 4.59. The van der Waals surface area contributed by atoms with E-state index < -0.39 is 0 Å². The second kappa shape index (κ2) is 6.93. The highest BCUT2D eigenvalue weighted by molar-refractivity contribution is 5.88. The molecular formula is C19H20N4O2. The van der Waals surface area contributed by atoms with Crippen molar-refractivity contribution in [3.05, 3.63) is 54.6 Å². The van der Waals surface area contributed by atoms with Crippen LogP contribution in [-0.4, -0.2) is 45.0 Å². The van der Waals surface area contributed by atoms with E-state index in [9.17, 15) is 4.79 Å². The number of amides is 1. The molecule has 4 rings (SSSR count). The summed E-state index contributed by atoms with van der Waals surface area (Å²) >= 11 is 0. The van der Waals surface area contributed by atoms with Gasteiger partial charge in [-0.2, -0.15) is 0 Å². The molecule has 1 unspecified atom stereocenters. The summed E-state index contributed by atoms with van der Waals surface area (Å²) in [6.45, 7) is 1.38. The molecule has 2 aromatic heterocycles. The summed E-state index contributed by atoms with van der Waals surface area (Å²) in [5.41, 5.74) is 2.10. The predicted molar refractivity (Wildman–Crippen MR) is 94.3 cm³/mol. The Labute approximate surface area is 145 Å². The zero-order valence-electron chi connectivity index (χ0n) is 13.9. The number of hydrogen-bond donors (Lipinski definition) is 1. The minimum Gasteiger partial charge on any atom is -0.472 e. The first kappa shape index (κ1) is 15.6. The molecule has 3 heterocycles. The van der Waals surface area contributed by atoms with Crippen molar-refractivity contribution in [2.45, 2.75) is 25.4 Å². The van der Waals surface area contributed by atoms with Gasteiger partial charge >= 0.3 is 0 Å². The van der Waals surface area contributed by atoms with Crippen molar-refractivity contribution in [1.29, 1.82) is 0 Å². The van der Waals surface area contributed by atoms with Crippen molar-refractivity contribution in [2.24, 2.45) is 0 Å². The molecule has 1 fully saturated rings. The van der Waals surface area contributed by atoms with Crippen molar-refractivity contribution in [3.63, 3.8) is 0 Å². The van der Waals surface area contributed by atoms with Crippen LogP contribution < -0.4 is 4.74 Å². The van der Waals surface area contributed by atoms with E-state index >= 15 is 0 Å². The number of ether oxygens (including phenoxy) is 1. The second-order valence-corrected chi connectivity index (χ2v) is 6.31. The second-order valence-electron chi connectivity index (χ2n) is 6.31. The first-order valence-corrected chi connectivity index (χ1v) is 8.55. The molecule has 0 aliphatic carbocycles. The van der Waals surface area contributed by atoms with Gasteiger partial charge in [0.2, 0.25) is 11.8 Å². The third-order valence-electron chi connectivity index (χ3n) is 4.59. The van der Waals surface area contributed by atoms with Crippen molar-refractivity contribution >= 4 is 16.8 Å². The van der Waals surface area contributed by atoms with E-state index in [0.29, 0.717) is 18.8 Å². The molecule has 1 aromatic carbocycles. The smallest absolute Gasteiger partial charge is 0.227 e. The van der Waals surface area contributed by atoms with E-state index in [0.717, 1.165) is 35.9 Å². The van der Waals surface area contributed by atoms with Gasteiger partial charge in [-0.1, -0.05) is 18.2 Å². The fourth-order valence-corrected chi connectivity index (χ4v) is 3.33. The van der Waals surface area contributed by atoms with Crippen molar-refractivity contribution < 1.29 is 9.53 Å². The molecule has 3 aromatic rings. The predicted octanol–water partition coefficient (Wildman–Crippen LogP) is 2.57. The number of H-pyrrole nitrogens is 1. The van der Waals surface area contributed by atoms with Crippen molar-refractivity contribution in [1.82, 2.24) is 19.9 Å². The lowest BCUT2D eigenvalue weighted by Gasteiger charge is -2.32. The average Bonchev–Trinajstić information content (AvgIpc) is 3.06. The number of nitrogens with zero attached hydrogens (tertiary/aromatic N) is 3. The Balaban J connectivity index is 1.41. The van der Waals surface area contributed by atoms with Gasteiger partial charge in [0, 0.05) is 35.9 Å². The van der Waals surface area contributed by atoms with Gasteiger partial charge in [0.05, 0.1) is 13.0 Å². The Morgan fingerprint density at radius 2 is 2.24 bits per heavy atom. The number of carbonyl (C=O) groups excluding carboxylic acids is 1. The lowest BCUT2D eigenvalue weighted by atomic mass is 10.1. The van der Waals surface area contributed by atoms with Crippen LogP contribution in [0, 0.1) is 0 Å². The minimum absolute atomic E-state index is 0.0180. The number of para-hydroxylation sites is 1. The number of nitrogens with one attached hydrogen (secondary N) is 1. The molecule has 25 heavy (non-hydrogen) atoms. The number of benzene rings is 1. The summed E-state index contributed by atoms with van der Waals surface area (Å²) in [7, 11) is 0. The van der Waals surface area contributed by atoms with Crippen LogP contribution in [0.2, 0.25) is 0 Å². The van der Waals surface area contributed by atoms with Gasteiger partial charge in [0.1, 0.15) is 12.4 Å². The molecule has 0 radical (unpaired) electrons. The summed E-state index contributed by atoms with van der Waals surface area (Å²) < 4.78 is 5.89. The Morgan fingerprint density at radius 1 is 1.32 bits per heavy atom. The number of rotatable bonds is 4.